The van der Waals surface area contributed by atoms with E-state index < -0.39 is 10.0 Å². The van der Waals surface area contributed by atoms with Gasteiger partial charge in [0.1, 0.15) is 0 Å². The van der Waals surface area contributed by atoms with Crippen LogP contribution in [-0.2, 0) is 29.7 Å². The predicted octanol–water partition coefficient (Wildman–Crippen LogP) is 4.84. The number of halogens is 1. The average Bonchev–Trinajstić information content (AvgIpc) is 3.47. The Kier molecular flexibility index (Phi) is 7.09. The zero-order valence-electron chi connectivity index (χ0n) is 19.1. The highest BCUT2D eigenvalue weighted by Crippen LogP contribution is 2.23. The Morgan fingerprint density at radius 3 is 2.37 bits per heavy atom. The molecule has 9 heteroatoms. The summed E-state index contributed by atoms with van der Waals surface area (Å²) in [6, 6.07) is 20.1. The molecular formula is C26H26ClN3O3S2. The van der Waals surface area contributed by atoms with E-state index in [1.54, 1.807) is 34.9 Å². The summed E-state index contributed by atoms with van der Waals surface area (Å²) in [4.78, 5) is 15.1. The van der Waals surface area contributed by atoms with Crippen LogP contribution in [0.1, 0.15) is 29.5 Å². The van der Waals surface area contributed by atoms with Crippen molar-refractivity contribution in [2.24, 2.45) is 0 Å². The van der Waals surface area contributed by atoms with Gasteiger partial charge in [-0.1, -0.05) is 59.3 Å². The van der Waals surface area contributed by atoms with Gasteiger partial charge in [-0.3, -0.25) is 14.3 Å². The van der Waals surface area contributed by atoms with Crippen LogP contribution in [0.5, 0.6) is 0 Å². The van der Waals surface area contributed by atoms with E-state index in [0.29, 0.717) is 21.8 Å². The van der Waals surface area contributed by atoms with Gasteiger partial charge in [0.05, 0.1) is 21.7 Å². The molecule has 0 aliphatic carbocycles. The Labute approximate surface area is 213 Å². The van der Waals surface area contributed by atoms with E-state index in [4.69, 9.17) is 11.6 Å². The zero-order valence-corrected chi connectivity index (χ0v) is 21.5. The molecule has 1 fully saturated rings. The second-order valence-corrected chi connectivity index (χ2v) is 12.0. The third-order valence-corrected chi connectivity index (χ3v) is 8.96. The molecule has 1 saturated heterocycles. The van der Waals surface area contributed by atoms with Crippen LogP contribution in [0.4, 0.5) is 0 Å². The summed E-state index contributed by atoms with van der Waals surface area (Å²) in [7, 11) is -3.74. The lowest BCUT2D eigenvalue weighted by molar-refractivity contribution is 0.330. The first-order valence-electron chi connectivity index (χ1n) is 11.6. The number of nitrogens with zero attached hydrogens (tertiary/aromatic N) is 2. The molecule has 0 saturated carbocycles. The number of nitrogens with one attached hydrogen (secondary N) is 1. The predicted molar refractivity (Wildman–Crippen MR) is 142 cm³/mol. The van der Waals surface area contributed by atoms with Gasteiger partial charge in [-0.2, -0.15) is 0 Å². The Morgan fingerprint density at radius 2 is 1.63 bits per heavy atom. The first-order valence-corrected chi connectivity index (χ1v) is 14.2. The van der Waals surface area contributed by atoms with Crippen LogP contribution in [0.25, 0.3) is 10.2 Å². The van der Waals surface area contributed by atoms with E-state index >= 15 is 0 Å². The zero-order chi connectivity index (χ0) is 24.4. The summed E-state index contributed by atoms with van der Waals surface area (Å²) in [5, 5.41) is 0.636. The van der Waals surface area contributed by atoms with Gasteiger partial charge in [0.25, 0.3) is 0 Å². The minimum absolute atomic E-state index is 0.131. The van der Waals surface area contributed by atoms with Crippen LogP contribution in [0.2, 0.25) is 5.02 Å². The second-order valence-electron chi connectivity index (χ2n) is 8.79. The Hall–Kier alpha value is -2.49. The molecule has 0 spiro atoms. The van der Waals surface area contributed by atoms with Crippen LogP contribution in [0.15, 0.2) is 76.4 Å². The Morgan fingerprint density at radius 1 is 0.914 bits per heavy atom. The van der Waals surface area contributed by atoms with Crippen LogP contribution in [0, 0.1) is 0 Å². The van der Waals surface area contributed by atoms with Gasteiger partial charge < -0.3 is 0 Å². The third kappa shape index (κ3) is 5.52. The van der Waals surface area contributed by atoms with Gasteiger partial charge in [-0.05, 0) is 73.0 Å². The summed E-state index contributed by atoms with van der Waals surface area (Å²) in [6.45, 7) is 3.62. The van der Waals surface area contributed by atoms with Gasteiger partial charge in [-0.15, -0.1) is 0 Å². The summed E-state index contributed by atoms with van der Waals surface area (Å²) >= 11 is 7.01. The van der Waals surface area contributed by atoms with Crippen molar-refractivity contribution < 1.29 is 8.42 Å². The highest BCUT2D eigenvalue weighted by atomic mass is 35.5. The Balaban J connectivity index is 1.34. The molecule has 1 aliphatic heterocycles. The molecule has 0 bridgehead atoms. The van der Waals surface area contributed by atoms with Crippen LogP contribution in [0.3, 0.4) is 0 Å². The van der Waals surface area contributed by atoms with E-state index in [1.807, 2.05) is 30.3 Å². The lowest BCUT2D eigenvalue weighted by Gasteiger charge is -2.17. The van der Waals surface area contributed by atoms with Gasteiger partial charge in [0, 0.05) is 18.1 Å². The number of thiazole rings is 1. The van der Waals surface area contributed by atoms with Crippen LogP contribution in [-0.4, -0.2) is 31.0 Å². The number of aromatic nitrogens is 1. The van der Waals surface area contributed by atoms with Gasteiger partial charge in [0.2, 0.25) is 10.0 Å². The monoisotopic (exact) mass is 527 g/mol. The topological polar surface area (TPSA) is 71.4 Å². The average molecular weight is 528 g/mol. The molecule has 0 atom stereocenters. The summed E-state index contributed by atoms with van der Waals surface area (Å²) < 4.78 is 31.3. The number of likely N-dealkylation sites (tertiary alicyclic amines) is 1. The van der Waals surface area contributed by atoms with Crippen molar-refractivity contribution in [1.82, 2.24) is 14.2 Å². The van der Waals surface area contributed by atoms with E-state index in [-0.39, 0.29) is 16.3 Å². The number of benzene rings is 3. The number of hydrogen-bond donors (Lipinski definition) is 1. The maximum absolute atomic E-state index is 13.1. The smallest absolute Gasteiger partial charge is 0.299 e. The highest BCUT2D eigenvalue weighted by Gasteiger charge is 2.19. The minimum atomic E-state index is -3.74. The fraction of sp³-hybridized carbons (Fsp3) is 0.269. The number of fused-ring (bicyclic) bond motifs is 1. The molecule has 1 aromatic heterocycles. The SMILES string of the molecule is O=c1sc2cc(S(=O)(=O)NCc3ccccc3CN3CCCC3)ccc2n1Cc1ccc(Cl)cc1. The van der Waals surface area contributed by atoms with Crippen molar-refractivity contribution in [2.45, 2.75) is 37.4 Å². The van der Waals surface area contributed by atoms with E-state index in [0.717, 1.165) is 47.7 Å². The van der Waals surface area contributed by atoms with Gasteiger partial charge in [0.15, 0.2) is 0 Å². The molecule has 5 rings (SSSR count). The first kappa shape index (κ1) is 24.2. The molecule has 35 heavy (non-hydrogen) atoms. The molecular weight excluding hydrogens is 502 g/mol. The lowest BCUT2D eigenvalue weighted by atomic mass is 10.1. The first-order chi connectivity index (χ1) is 16.9. The largest absolute Gasteiger partial charge is 0.308 e. The molecule has 1 N–H and O–H groups in total. The summed E-state index contributed by atoms with van der Waals surface area (Å²) in [6.07, 6.45) is 2.43. The van der Waals surface area contributed by atoms with Gasteiger partial charge >= 0.3 is 4.87 Å². The molecule has 1 aliphatic rings. The van der Waals surface area contributed by atoms with E-state index in [2.05, 4.69) is 15.7 Å². The maximum Gasteiger partial charge on any atom is 0.308 e. The second kappa shape index (κ2) is 10.2. The Bertz CT molecular complexity index is 1510. The van der Waals surface area contributed by atoms with Crippen LogP contribution < -0.4 is 9.60 Å². The third-order valence-electron chi connectivity index (χ3n) is 6.37. The molecule has 6 nitrogen and oxygen atoms in total. The van der Waals surface area contributed by atoms with Crippen molar-refractivity contribution in [3.05, 3.63) is 98.1 Å². The molecule has 0 radical (unpaired) electrons. The van der Waals surface area contributed by atoms with Crippen LogP contribution >= 0.6 is 22.9 Å². The fourth-order valence-electron chi connectivity index (χ4n) is 4.46. The molecule has 4 aromatic rings. The summed E-state index contributed by atoms with van der Waals surface area (Å²) in [5.41, 5.74) is 3.78. The highest BCUT2D eigenvalue weighted by molar-refractivity contribution is 7.89. The van der Waals surface area contributed by atoms with Crippen molar-refractivity contribution >= 4 is 43.2 Å². The normalized spacial score (nSPS) is 14.7. The molecule has 182 valence electrons. The fourth-order valence-corrected chi connectivity index (χ4v) is 6.62. The number of rotatable bonds is 8. The standard InChI is InChI=1S/C26H26ClN3O3S2/c27-22-9-7-19(8-10-22)17-30-24-12-11-23(15-25(24)34-26(30)31)35(32,33)28-16-20-5-1-2-6-21(20)18-29-13-3-4-14-29/h1-2,5-12,15,28H,3-4,13-14,16-18H2. The van der Waals surface area contributed by atoms with E-state index in [9.17, 15) is 13.2 Å². The van der Waals surface area contributed by atoms with Gasteiger partial charge in [-0.25, -0.2) is 13.1 Å². The molecule has 3 aromatic carbocycles. The van der Waals surface area contributed by atoms with E-state index in [1.165, 1.54) is 12.8 Å². The van der Waals surface area contributed by atoms with Crippen molar-refractivity contribution in [2.75, 3.05) is 13.1 Å². The number of sulfonamides is 1. The molecule has 0 amide bonds. The minimum Gasteiger partial charge on any atom is -0.299 e. The van der Waals surface area contributed by atoms with Crippen molar-refractivity contribution in [3.63, 3.8) is 0 Å². The number of hydrogen-bond acceptors (Lipinski definition) is 5. The molecule has 2 heterocycles. The maximum atomic E-state index is 13.1. The lowest BCUT2D eigenvalue weighted by Crippen LogP contribution is -2.25. The van der Waals surface area contributed by atoms with Crippen molar-refractivity contribution in [3.8, 4) is 0 Å². The summed E-state index contributed by atoms with van der Waals surface area (Å²) in [5.74, 6) is 0. The molecule has 0 unspecified atom stereocenters. The van der Waals surface area contributed by atoms with Crippen molar-refractivity contribution in [1.29, 1.82) is 0 Å². The quantitative estimate of drug-likeness (QED) is 0.356.